The Balaban J connectivity index is 1.97. The largest absolute Gasteiger partial charge is 0.496 e. The highest BCUT2D eigenvalue weighted by Crippen LogP contribution is 2.38. The molecule has 0 atom stereocenters. The molecule has 4 aromatic carbocycles. The molecule has 0 heterocycles. The summed E-state index contributed by atoms with van der Waals surface area (Å²) in [7, 11) is 4.13. The number of rotatable bonds is 7. The van der Waals surface area contributed by atoms with E-state index in [2.05, 4.69) is 0 Å². The summed E-state index contributed by atoms with van der Waals surface area (Å²) in [6.45, 7) is 0. The third-order valence-corrected chi connectivity index (χ3v) is 5.68. The van der Waals surface area contributed by atoms with Crippen LogP contribution in [-0.4, -0.2) is 38.9 Å². The first-order valence-electron chi connectivity index (χ1n) is 10.6. The summed E-state index contributed by atoms with van der Waals surface area (Å²) >= 11 is 0. The van der Waals surface area contributed by atoms with Crippen molar-refractivity contribution in [1.29, 1.82) is 0 Å². The summed E-state index contributed by atoms with van der Waals surface area (Å²) < 4.78 is 29.2. The van der Waals surface area contributed by atoms with Crippen LogP contribution in [0.4, 0.5) is 4.39 Å². The Morgan fingerprint density at radius 3 is 1.46 bits per heavy atom. The Bertz CT molecular complexity index is 1430. The zero-order valence-electron chi connectivity index (χ0n) is 19.3. The Hall–Kier alpha value is -4.52. The first-order chi connectivity index (χ1) is 16.9. The van der Waals surface area contributed by atoms with Crippen molar-refractivity contribution in [3.8, 4) is 11.5 Å². The fourth-order valence-electron chi connectivity index (χ4n) is 3.94. The van der Waals surface area contributed by atoms with E-state index in [0.29, 0.717) is 16.3 Å². The van der Waals surface area contributed by atoms with Gasteiger partial charge in [0.2, 0.25) is 0 Å². The van der Waals surface area contributed by atoms with Crippen molar-refractivity contribution in [3.05, 3.63) is 106 Å². The van der Waals surface area contributed by atoms with Crippen LogP contribution < -0.4 is 9.47 Å². The summed E-state index contributed by atoms with van der Waals surface area (Å²) in [6.07, 6.45) is 0. The third-order valence-electron chi connectivity index (χ3n) is 5.68. The van der Waals surface area contributed by atoms with Gasteiger partial charge in [0, 0.05) is 16.5 Å². The van der Waals surface area contributed by atoms with Crippen molar-refractivity contribution in [2.45, 2.75) is 0 Å². The summed E-state index contributed by atoms with van der Waals surface area (Å²) in [5.74, 6) is -1.32. The van der Waals surface area contributed by atoms with Gasteiger partial charge in [-0.05, 0) is 53.9 Å². The van der Waals surface area contributed by atoms with E-state index in [1.807, 2.05) is 0 Å². The van der Waals surface area contributed by atoms with E-state index in [1.54, 1.807) is 24.3 Å². The molecule has 4 rings (SSSR count). The lowest BCUT2D eigenvalue weighted by molar-refractivity contribution is 0.0600. The Morgan fingerprint density at radius 1 is 0.600 bits per heavy atom. The van der Waals surface area contributed by atoms with Crippen molar-refractivity contribution < 1.29 is 33.0 Å². The Labute approximate surface area is 200 Å². The molecule has 0 saturated heterocycles. The lowest BCUT2D eigenvalue weighted by Gasteiger charge is -2.17. The molecule has 0 N–H and O–H groups in total. The fraction of sp³-hybridized carbons (Fsp3) is 0.107. The molecular formula is C28H21FO6. The van der Waals surface area contributed by atoms with Crippen molar-refractivity contribution in [2.75, 3.05) is 21.3 Å². The van der Waals surface area contributed by atoms with E-state index in [9.17, 15) is 18.8 Å². The zero-order chi connectivity index (χ0) is 25.1. The lowest BCUT2D eigenvalue weighted by Crippen LogP contribution is -2.11. The molecular weight excluding hydrogens is 451 g/mol. The second-order valence-corrected chi connectivity index (χ2v) is 7.62. The van der Waals surface area contributed by atoms with Crippen LogP contribution in [0.2, 0.25) is 0 Å². The Kier molecular flexibility index (Phi) is 6.59. The molecule has 6 nitrogen and oxygen atoms in total. The maximum Gasteiger partial charge on any atom is 0.337 e. The van der Waals surface area contributed by atoms with Gasteiger partial charge in [-0.25, -0.2) is 9.18 Å². The number of methoxy groups -OCH3 is 3. The average Bonchev–Trinajstić information content (AvgIpc) is 2.90. The van der Waals surface area contributed by atoms with Crippen molar-refractivity contribution in [3.63, 3.8) is 0 Å². The van der Waals surface area contributed by atoms with Crippen LogP contribution >= 0.6 is 0 Å². The number of carbonyl (C=O) groups excluding carboxylic acids is 3. The first kappa shape index (κ1) is 23.6. The molecule has 35 heavy (non-hydrogen) atoms. The number of benzene rings is 4. The number of ether oxygens (including phenoxy) is 3. The van der Waals surface area contributed by atoms with E-state index < -0.39 is 23.4 Å². The maximum absolute atomic E-state index is 13.7. The summed E-state index contributed by atoms with van der Waals surface area (Å²) in [6, 6.07) is 17.9. The number of hydrogen-bond acceptors (Lipinski definition) is 6. The van der Waals surface area contributed by atoms with Gasteiger partial charge in [-0.3, -0.25) is 9.59 Å². The first-order valence-corrected chi connectivity index (χ1v) is 10.6. The van der Waals surface area contributed by atoms with Crippen LogP contribution in [0.3, 0.4) is 0 Å². The second kappa shape index (κ2) is 9.77. The highest BCUT2D eigenvalue weighted by Gasteiger charge is 2.26. The summed E-state index contributed by atoms with van der Waals surface area (Å²) in [5.41, 5.74) is 1.14. The summed E-state index contributed by atoms with van der Waals surface area (Å²) in [4.78, 5) is 39.1. The van der Waals surface area contributed by atoms with Gasteiger partial charge >= 0.3 is 5.97 Å². The molecule has 4 aromatic rings. The van der Waals surface area contributed by atoms with Crippen LogP contribution in [0.1, 0.15) is 42.2 Å². The molecule has 176 valence electrons. The molecule has 0 radical (unpaired) electrons. The van der Waals surface area contributed by atoms with Gasteiger partial charge in [-0.15, -0.1) is 0 Å². The van der Waals surface area contributed by atoms with Crippen LogP contribution in [0.5, 0.6) is 11.5 Å². The number of ketones is 2. The SMILES string of the molecule is COC(=O)c1ccc(C(=O)c2c(OC)ccc3ccc(OC)c(C(=O)c4ccc(F)cc4)c23)cc1. The van der Waals surface area contributed by atoms with E-state index in [1.165, 1.54) is 69.9 Å². The molecule has 0 fully saturated rings. The molecule has 0 spiro atoms. The maximum atomic E-state index is 13.7. The van der Waals surface area contributed by atoms with Gasteiger partial charge in [0.05, 0.1) is 38.0 Å². The molecule has 7 heteroatoms. The number of hydrogen-bond donors (Lipinski definition) is 0. The topological polar surface area (TPSA) is 78.9 Å². The number of carbonyl (C=O) groups is 3. The number of fused-ring (bicyclic) bond motifs is 1. The van der Waals surface area contributed by atoms with Gasteiger partial charge in [0.25, 0.3) is 0 Å². The third kappa shape index (κ3) is 4.36. The average molecular weight is 472 g/mol. The predicted octanol–water partition coefficient (Wildman–Crippen LogP) is 5.24. The van der Waals surface area contributed by atoms with Crippen LogP contribution in [-0.2, 0) is 4.74 Å². The van der Waals surface area contributed by atoms with Crippen LogP contribution in [0.25, 0.3) is 10.8 Å². The van der Waals surface area contributed by atoms with Gasteiger partial charge in [-0.1, -0.05) is 24.3 Å². The normalized spacial score (nSPS) is 10.6. The number of halogens is 1. The van der Waals surface area contributed by atoms with Gasteiger partial charge in [0.15, 0.2) is 11.6 Å². The quantitative estimate of drug-likeness (QED) is 0.270. The standard InChI is InChI=1S/C28H21FO6/c1-33-21-14-10-16-11-15-22(34-2)25(27(31)18-8-12-20(29)13-9-18)23(16)24(21)26(30)17-4-6-19(7-5-17)28(32)35-3/h4-15H,1-3H3. The minimum atomic E-state index is -0.524. The van der Waals surface area contributed by atoms with Gasteiger partial charge < -0.3 is 14.2 Å². The molecule has 0 aromatic heterocycles. The molecule has 0 aliphatic carbocycles. The molecule has 0 aliphatic heterocycles. The molecule has 0 aliphatic rings. The van der Waals surface area contributed by atoms with E-state index in [0.717, 1.165) is 0 Å². The fourth-order valence-corrected chi connectivity index (χ4v) is 3.94. The second-order valence-electron chi connectivity index (χ2n) is 7.62. The molecule has 0 bridgehead atoms. The minimum absolute atomic E-state index is 0.157. The predicted molar refractivity (Wildman–Crippen MR) is 128 cm³/mol. The molecule has 0 unspecified atom stereocenters. The number of esters is 1. The highest BCUT2D eigenvalue weighted by molar-refractivity contribution is 6.26. The van der Waals surface area contributed by atoms with Crippen molar-refractivity contribution >= 4 is 28.3 Å². The smallest absolute Gasteiger partial charge is 0.337 e. The van der Waals surface area contributed by atoms with E-state index in [-0.39, 0.29) is 33.8 Å². The van der Waals surface area contributed by atoms with Gasteiger partial charge in [-0.2, -0.15) is 0 Å². The Morgan fingerprint density at radius 2 is 1.03 bits per heavy atom. The molecule has 0 amide bonds. The zero-order valence-corrected chi connectivity index (χ0v) is 19.3. The molecule has 0 saturated carbocycles. The van der Waals surface area contributed by atoms with Crippen LogP contribution in [0, 0.1) is 5.82 Å². The van der Waals surface area contributed by atoms with Crippen LogP contribution in [0.15, 0.2) is 72.8 Å². The lowest BCUT2D eigenvalue weighted by atomic mass is 9.89. The van der Waals surface area contributed by atoms with Crippen molar-refractivity contribution in [1.82, 2.24) is 0 Å². The monoisotopic (exact) mass is 472 g/mol. The van der Waals surface area contributed by atoms with Gasteiger partial charge in [0.1, 0.15) is 17.3 Å². The van der Waals surface area contributed by atoms with E-state index >= 15 is 0 Å². The minimum Gasteiger partial charge on any atom is -0.496 e. The summed E-state index contributed by atoms with van der Waals surface area (Å²) in [5, 5.41) is 0.965. The van der Waals surface area contributed by atoms with E-state index in [4.69, 9.17) is 14.2 Å². The van der Waals surface area contributed by atoms with Crippen molar-refractivity contribution in [2.24, 2.45) is 0 Å². The highest BCUT2D eigenvalue weighted by atomic mass is 19.1.